The minimum Gasteiger partial charge on any atom is -0.308 e. The molecule has 126 valence electrons. The lowest BCUT2D eigenvalue weighted by molar-refractivity contribution is -0.118. The molecule has 1 amide bonds. The van der Waals surface area contributed by atoms with Crippen molar-refractivity contribution < 1.29 is 9.59 Å². The Balaban J connectivity index is 1.97. The normalized spacial score (nSPS) is 10.4. The van der Waals surface area contributed by atoms with Crippen LogP contribution in [0.25, 0.3) is 0 Å². The van der Waals surface area contributed by atoms with Gasteiger partial charge >= 0.3 is 0 Å². The summed E-state index contributed by atoms with van der Waals surface area (Å²) in [6.45, 7) is 2.19. The molecule has 3 heteroatoms. The summed E-state index contributed by atoms with van der Waals surface area (Å²) in [7, 11) is 0. The fraction of sp³-hybridized carbons (Fsp3) is 0.333. The summed E-state index contributed by atoms with van der Waals surface area (Å²) < 4.78 is 0. The van der Waals surface area contributed by atoms with Gasteiger partial charge in [0.2, 0.25) is 5.91 Å². The van der Waals surface area contributed by atoms with Crippen molar-refractivity contribution in [3.63, 3.8) is 0 Å². The van der Waals surface area contributed by atoms with E-state index in [1.54, 1.807) is 6.92 Å². The molecule has 0 saturated heterocycles. The maximum Gasteiger partial charge on any atom is 0.227 e. The van der Waals surface area contributed by atoms with E-state index in [2.05, 4.69) is 0 Å². The molecule has 0 aliphatic rings. The molecule has 0 aromatic heterocycles. The number of amides is 1. The molecule has 0 atom stereocenters. The molecule has 2 rings (SSSR count). The monoisotopic (exact) mass is 323 g/mol. The predicted molar refractivity (Wildman–Crippen MR) is 97.8 cm³/mol. The largest absolute Gasteiger partial charge is 0.308 e. The zero-order chi connectivity index (χ0) is 17.2. The Morgan fingerprint density at radius 1 is 0.792 bits per heavy atom. The van der Waals surface area contributed by atoms with Crippen LogP contribution >= 0.6 is 0 Å². The lowest BCUT2D eigenvalue weighted by atomic mass is 10.1. The second kappa shape index (κ2) is 9.66. The van der Waals surface area contributed by atoms with Crippen molar-refractivity contribution in [2.45, 2.75) is 45.6 Å². The zero-order valence-corrected chi connectivity index (χ0v) is 14.3. The van der Waals surface area contributed by atoms with Gasteiger partial charge in [0, 0.05) is 18.5 Å². The molecule has 0 radical (unpaired) electrons. The van der Waals surface area contributed by atoms with Crippen molar-refractivity contribution in [1.29, 1.82) is 0 Å². The molecule has 0 aliphatic heterocycles. The first kappa shape index (κ1) is 17.9. The fourth-order valence-corrected chi connectivity index (χ4v) is 2.66. The molecule has 0 saturated carbocycles. The summed E-state index contributed by atoms with van der Waals surface area (Å²) in [5.74, 6) is 0.351. The highest BCUT2D eigenvalue weighted by molar-refractivity contribution is 5.93. The fourth-order valence-electron chi connectivity index (χ4n) is 2.66. The van der Waals surface area contributed by atoms with Crippen molar-refractivity contribution in [3.05, 3.63) is 66.2 Å². The lowest BCUT2D eigenvalue weighted by Crippen LogP contribution is -2.30. The molecule has 0 N–H and O–H groups in total. The van der Waals surface area contributed by atoms with E-state index in [0.29, 0.717) is 19.4 Å². The Labute approximate surface area is 144 Å². The number of hydrogen-bond donors (Lipinski definition) is 0. The highest BCUT2D eigenvalue weighted by atomic mass is 16.2. The molecular formula is C21H25NO2. The molecular weight excluding hydrogens is 298 g/mol. The molecule has 0 fully saturated rings. The summed E-state index contributed by atoms with van der Waals surface area (Å²) in [6, 6.07) is 19.8. The van der Waals surface area contributed by atoms with Crippen LogP contribution in [0.1, 0.15) is 44.6 Å². The van der Waals surface area contributed by atoms with Gasteiger partial charge in [0.15, 0.2) is 0 Å². The van der Waals surface area contributed by atoms with E-state index in [9.17, 15) is 9.59 Å². The Kier molecular flexibility index (Phi) is 7.21. The van der Waals surface area contributed by atoms with Crippen molar-refractivity contribution in [2.24, 2.45) is 0 Å². The molecule has 3 nitrogen and oxygen atoms in total. The molecule has 2 aromatic rings. The summed E-state index contributed by atoms with van der Waals surface area (Å²) >= 11 is 0. The van der Waals surface area contributed by atoms with Crippen LogP contribution in [-0.2, 0) is 16.1 Å². The first-order chi connectivity index (χ1) is 11.7. The van der Waals surface area contributed by atoms with Gasteiger partial charge in [-0.1, -0.05) is 55.0 Å². The standard InChI is InChI=1S/C21H25NO2/c1-18(23)11-5-2-10-16-21(24)22(20-14-8-4-9-15-20)17-19-12-6-3-7-13-19/h3-4,6-9,12-15H,2,5,10-11,16-17H2,1H3. The van der Waals surface area contributed by atoms with E-state index in [4.69, 9.17) is 0 Å². The Morgan fingerprint density at radius 3 is 2.00 bits per heavy atom. The Hall–Kier alpha value is -2.42. The molecule has 2 aromatic carbocycles. The molecule has 0 heterocycles. The topological polar surface area (TPSA) is 37.4 Å². The maximum atomic E-state index is 12.7. The Bertz CT molecular complexity index is 637. The molecule has 24 heavy (non-hydrogen) atoms. The number of carbonyl (C=O) groups excluding carboxylic acids is 2. The molecule has 0 unspecified atom stereocenters. The number of Topliss-reactive ketones (excluding diaryl/α,β-unsaturated/α-hetero) is 1. The average molecular weight is 323 g/mol. The van der Waals surface area contributed by atoms with Crippen molar-refractivity contribution in [1.82, 2.24) is 0 Å². The van der Waals surface area contributed by atoms with Gasteiger partial charge in [-0.05, 0) is 37.5 Å². The van der Waals surface area contributed by atoms with E-state index >= 15 is 0 Å². The van der Waals surface area contributed by atoms with Crippen molar-refractivity contribution in [3.8, 4) is 0 Å². The highest BCUT2D eigenvalue weighted by Crippen LogP contribution is 2.19. The number of hydrogen-bond acceptors (Lipinski definition) is 2. The zero-order valence-electron chi connectivity index (χ0n) is 14.3. The lowest BCUT2D eigenvalue weighted by Gasteiger charge is -2.23. The van der Waals surface area contributed by atoms with Gasteiger partial charge in [-0.15, -0.1) is 0 Å². The van der Waals surface area contributed by atoms with E-state index < -0.39 is 0 Å². The number of nitrogens with zero attached hydrogens (tertiary/aromatic N) is 1. The first-order valence-corrected chi connectivity index (χ1v) is 8.55. The number of ketones is 1. The number of rotatable bonds is 9. The average Bonchev–Trinajstić information content (AvgIpc) is 2.60. The molecule has 0 bridgehead atoms. The highest BCUT2D eigenvalue weighted by Gasteiger charge is 2.15. The van der Waals surface area contributed by atoms with Gasteiger partial charge in [0.05, 0.1) is 6.54 Å². The minimum atomic E-state index is 0.132. The van der Waals surface area contributed by atoms with Gasteiger partial charge < -0.3 is 9.69 Å². The summed E-state index contributed by atoms with van der Waals surface area (Å²) in [4.78, 5) is 25.5. The third-order valence-corrected chi connectivity index (χ3v) is 3.97. The molecule has 0 spiro atoms. The maximum absolute atomic E-state index is 12.7. The van der Waals surface area contributed by atoms with Crippen LogP contribution in [-0.4, -0.2) is 11.7 Å². The quantitative estimate of drug-likeness (QED) is 0.624. The third-order valence-electron chi connectivity index (χ3n) is 3.97. The van der Waals surface area contributed by atoms with Crippen molar-refractivity contribution >= 4 is 17.4 Å². The van der Waals surface area contributed by atoms with E-state index in [1.165, 1.54) is 0 Å². The van der Waals surface area contributed by atoms with Gasteiger partial charge in [-0.25, -0.2) is 0 Å². The summed E-state index contributed by atoms with van der Waals surface area (Å²) in [6.07, 6.45) is 3.73. The van der Waals surface area contributed by atoms with Crippen LogP contribution in [0.3, 0.4) is 0 Å². The van der Waals surface area contributed by atoms with Crippen LogP contribution < -0.4 is 4.90 Å². The van der Waals surface area contributed by atoms with Crippen LogP contribution in [0.5, 0.6) is 0 Å². The first-order valence-electron chi connectivity index (χ1n) is 8.55. The summed E-state index contributed by atoms with van der Waals surface area (Å²) in [5.41, 5.74) is 2.04. The van der Waals surface area contributed by atoms with E-state index in [1.807, 2.05) is 65.6 Å². The third kappa shape index (κ3) is 5.99. The van der Waals surface area contributed by atoms with Crippen LogP contribution in [0.2, 0.25) is 0 Å². The van der Waals surface area contributed by atoms with Gasteiger partial charge in [-0.2, -0.15) is 0 Å². The Morgan fingerprint density at radius 2 is 1.38 bits per heavy atom. The van der Waals surface area contributed by atoms with Gasteiger partial charge in [0.25, 0.3) is 0 Å². The number of anilines is 1. The number of benzene rings is 2. The second-order valence-electron chi connectivity index (χ2n) is 6.06. The minimum absolute atomic E-state index is 0.132. The number of carbonyl (C=O) groups is 2. The summed E-state index contributed by atoms with van der Waals surface area (Å²) in [5, 5.41) is 0. The van der Waals surface area contributed by atoms with Crippen LogP contribution in [0, 0.1) is 0 Å². The number of unbranched alkanes of at least 4 members (excludes halogenated alkanes) is 2. The smallest absolute Gasteiger partial charge is 0.227 e. The van der Waals surface area contributed by atoms with Crippen LogP contribution in [0.4, 0.5) is 5.69 Å². The van der Waals surface area contributed by atoms with E-state index in [0.717, 1.165) is 30.5 Å². The predicted octanol–water partition coefficient (Wildman–Crippen LogP) is 4.76. The second-order valence-corrected chi connectivity index (χ2v) is 6.06. The SMILES string of the molecule is CC(=O)CCCCCC(=O)N(Cc1ccccc1)c1ccccc1. The molecule has 0 aliphatic carbocycles. The van der Waals surface area contributed by atoms with Crippen molar-refractivity contribution in [2.75, 3.05) is 4.90 Å². The van der Waals surface area contributed by atoms with Crippen LogP contribution in [0.15, 0.2) is 60.7 Å². The van der Waals surface area contributed by atoms with Gasteiger partial charge in [0.1, 0.15) is 5.78 Å². The van der Waals surface area contributed by atoms with E-state index in [-0.39, 0.29) is 11.7 Å². The number of para-hydroxylation sites is 1. The van der Waals surface area contributed by atoms with Gasteiger partial charge in [-0.3, -0.25) is 4.79 Å².